The number of aliphatic carboxylic acids is 1. The highest BCUT2D eigenvalue weighted by Crippen LogP contribution is 2.47. The summed E-state index contributed by atoms with van der Waals surface area (Å²) in [6, 6.07) is 16.2. The Labute approximate surface area is 226 Å². The van der Waals surface area contributed by atoms with E-state index in [1.54, 1.807) is 24.3 Å². The highest BCUT2D eigenvalue weighted by Gasteiger charge is 2.33. The SMILES string of the molecule is CC(C)c1nc2c(c(C3CC3)nn2-c2ccccc2)c(-c2ccc(F)cc2)c1/C=C/C(O)CC(O)CC(=O)O. The van der Waals surface area contributed by atoms with Crippen molar-refractivity contribution in [3.63, 3.8) is 0 Å². The Kier molecular flexibility index (Phi) is 7.59. The van der Waals surface area contributed by atoms with Crippen molar-refractivity contribution in [2.75, 3.05) is 0 Å². The standard InChI is InChI=1S/C31H32FN3O4/c1-18(2)29-25(15-14-23(36)16-24(37)17-26(38)39)27(19-10-12-21(32)13-11-19)28-30(20-8-9-20)34-35(31(28)33-29)22-6-4-3-5-7-22/h3-7,10-15,18,20,23-24,36-37H,8-9,16-17H2,1-2H3,(H,38,39)/b15-14+. The van der Waals surface area contributed by atoms with E-state index >= 15 is 0 Å². The van der Waals surface area contributed by atoms with E-state index in [1.165, 1.54) is 12.1 Å². The summed E-state index contributed by atoms with van der Waals surface area (Å²) in [6.07, 6.45) is 2.61. The molecule has 3 N–H and O–H groups in total. The molecule has 0 bridgehead atoms. The minimum absolute atomic E-state index is 0.00601. The highest BCUT2D eigenvalue weighted by atomic mass is 19.1. The number of aliphatic hydroxyl groups is 2. The van der Waals surface area contributed by atoms with E-state index in [-0.39, 0.29) is 18.2 Å². The Morgan fingerprint density at radius 2 is 1.79 bits per heavy atom. The summed E-state index contributed by atoms with van der Waals surface area (Å²) in [5.74, 6) is -1.16. The average Bonchev–Trinajstić information content (AvgIpc) is 3.67. The summed E-state index contributed by atoms with van der Waals surface area (Å²) in [5.41, 5.74) is 5.81. The van der Waals surface area contributed by atoms with Crippen LogP contribution in [0.3, 0.4) is 0 Å². The predicted octanol–water partition coefficient (Wildman–Crippen LogP) is 5.83. The van der Waals surface area contributed by atoms with E-state index < -0.39 is 24.6 Å². The molecule has 0 amide bonds. The highest BCUT2D eigenvalue weighted by molar-refractivity contribution is 6.01. The van der Waals surface area contributed by atoms with Gasteiger partial charge in [-0.15, -0.1) is 0 Å². The van der Waals surface area contributed by atoms with Crippen molar-refractivity contribution in [3.8, 4) is 16.8 Å². The molecule has 0 spiro atoms. The second-order valence-electron chi connectivity index (χ2n) is 10.5. The fourth-order valence-corrected chi connectivity index (χ4v) is 4.97. The monoisotopic (exact) mass is 529 g/mol. The number of carboxylic acids is 1. The molecule has 1 aliphatic rings. The number of halogens is 1. The van der Waals surface area contributed by atoms with Crippen LogP contribution in [0.5, 0.6) is 0 Å². The maximum atomic E-state index is 14.0. The zero-order chi connectivity index (χ0) is 27.7. The molecule has 7 nitrogen and oxygen atoms in total. The second-order valence-corrected chi connectivity index (χ2v) is 10.5. The molecule has 2 aromatic heterocycles. The second kappa shape index (κ2) is 11.1. The number of pyridine rings is 1. The number of hydrogen-bond acceptors (Lipinski definition) is 5. The van der Waals surface area contributed by atoms with Gasteiger partial charge in [0.25, 0.3) is 0 Å². The maximum Gasteiger partial charge on any atom is 0.305 e. The fraction of sp³-hybridized carbons (Fsp3) is 0.323. The van der Waals surface area contributed by atoms with Gasteiger partial charge in [0.1, 0.15) is 5.82 Å². The van der Waals surface area contributed by atoms with Gasteiger partial charge < -0.3 is 15.3 Å². The third kappa shape index (κ3) is 5.77. The molecular formula is C31H32FN3O4. The third-order valence-corrected chi connectivity index (χ3v) is 6.96. The normalized spacial score (nSPS) is 15.3. The van der Waals surface area contributed by atoms with Crippen molar-refractivity contribution in [2.24, 2.45) is 0 Å². The van der Waals surface area contributed by atoms with Gasteiger partial charge in [-0.1, -0.05) is 56.3 Å². The largest absolute Gasteiger partial charge is 0.481 e. The molecule has 8 heteroatoms. The van der Waals surface area contributed by atoms with Crippen LogP contribution in [0.2, 0.25) is 0 Å². The van der Waals surface area contributed by atoms with Crippen LogP contribution in [0.4, 0.5) is 4.39 Å². The Balaban J connectivity index is 1.75. The number of benzene rings is 2. The van der Waals surface area contributed by atoms with Gasteiger partial charge in [0.05, 0.1) is 41.1 Å². The molecule has 2 heterocycles. The molecular weight excluding hydrogens is 497 g/mol. The van der Waals surface area contributed by atoms with Crippen LogP contribution in [0, 0.1) is 5.82 Å². The molecule has 0 aliphatic heterocycles. The van der Waals surface area contributed by atoms with Crippen LogP contribution < -0.4 is 0 Å². The number of aliphatic hydroxyl groups excluding tert-OH is 2. The first-order chi connectivity index (χ1) is 18.7. The van der Waals surface area contributed by atoms with Crippen molar-refractivity contribution < 1.29 is 24.5 Å². The Morgan fingerprint density at radius 3 is 2.41 bits per heavy atom. The van der Waals surface area contributed by atoms with Crippen molar-refractivity contribution >= 4 is 23.1 Å². The number of rotatable bonds is 10. The van der Waals surface area contributed by atoms with E-state index in [0.717, 1.165) is 57.6 Å². The molecule has 1 saturated carbocycles. The van der Waals surface area contributed by atoms with Crippen LogP contribution in [-0.4, -0.2) is 48.3 Å². The van der Waals surface area contributed by atoms with Gasteiger partial charge in [0.2, 0.25) is 0 Å². The van der Waals surface area contributed by atoms with E-state index in [2.05, 4.69) is 0 Å². The lowest BCUT2D eigenvalue weighted by Crippen LogP contribution is -2.19. The number of carboxylic acid groups (broad SMARTS) is 1. The van der Waals surface area contributed by atoms with Gasteiger partial charge in [-0.2, -0.15) is 5.10 Å². The van der Waals surface area contributed by atoms with Gasteiger partial charge in [0, 0.05) is 23.5 Å². The van der Waals surface area contributed by atoms with Crippen molar-refractivity contribution in [2.45, 2.75) is 63.6 Å². The molecule has 2 unspecified atom stereocenters. The van der Waals surface area contributed by atoms with Crippen LogP contribution in [0.15, 0.2) is 60.7 Å². The van der Waals surface area contributed by atoms with Gasteiger partial charge in [0.15, 0.2) is 5.65 Å². The molecule has 2 atom stereocenters. The first kappa shape index (κ1) is 26.7. The topological polar surface area (TPSA) is 108 Å². The first-order valence-electron chi connectivity index (χ1n) is 13.3. The summed E-state index contributed by atoms with van der Waals surface area (Å²) in [6.45, 7) is 4.08. The smallest absolute Gasteiger partial charge is 0.305 e. The molecule has 1 aliphatic carbocycles. The molecule has 0 radical (unpaired) electrons. The van der Waals surface area contributed by atoms with E-state index in [0.29, 0.717) is 5.92 Å². The first-order valence-corrected chi connectivity index (χ1v) is 13.3. The van der Waals surface area contributed by atoms with Crippen molar-refractivity contribution in [1.29, 1.82) is 0 Å². The molecule has 202 valence electrons. The lowest BCUT2D eigenvalue weighted by atomic mass is 9.90. The van der Waals surface area contributed by atoms with Gasteiger partial charge >= 0.3 is 5.97 Å². The summed E-state index contributed by atoms with van der Waals surface area (Å²) >= 11 is 0. The molecule has 39 heavy (non-hydrogen) atoms. The third-order valence-electron chi connectivity index (χ3n) is 6.96. The predicted molar refractivity (Wildman–Crippen MR) is 148 cm³/mol. The number of carbonyl (C=O) groups is 1. The van der Waals surface area contributed by atoms with Gasteiger partial charge in [-0.25, -0.2) is 14.1 Å². The number of aromatic nitrogens is 3. The Hall–Kier alpha value is -3.88. The Morgan fingerprint density at radius 1 is 1.10 bits per heavy atom. The fourth-order valence-electron chi connectivity index (χ4n) is 4.97. The maximum absolute atomic E-state index is 14.0. The quantitative estimate of drug-likeness (QED) is 0.239. The number of para-hydroxylation sites is 1. The summed E-state index contributed by atoms with van der Waals surface area (Å²) < 4.78 is 15.9. The van der Waals surface area contributed by atoms with Crippen molar-refractivity contribution in [1.82, 2.24) is 14.8 Å². The zero-order valence-electron chi connectivity index (χ0n) is 22.0. The lowest BCUT2D eigenvalue weighted by molar-refractivity contribution is -0.139. The van der Waals surface area contributed by atoms with Gasteiger partial charge in [-0.3, -0.25) is 4.79 Å². The summed E-state index contributed by atoms with van der Waals surface area (Å²) in [7, 11) is 0. The van der Waals surface area contributed by atoms with Crippen LogP contribution >= 0.6 is 0 Å². The van der Waals surface area contributed by atoms with Crippen LogP contribution in [-0.2, 0) is 4.79 Å². The number of fused-ring (bicyclic) bond motifs is 1. The van der Waals surface area contributed by atoms with Gasteiger partial charge in [-0.05, 0) is 48.6 Å². The number of nitrogens with zero attached hydrogens (tertiary/aromatic N) is 3. The zero-order valence-corrected chi connectivity index (χ0v) is 22.0. The van der Waals surface area contributed by atoms with Crippen LogP contribution in [0.25, 0.3) is 33.9 Å². The Bertz CT molecular complexity index is 1510. The molecule has 4 aromatic rings. The van der Waals surface area contributed by atoms with Crippen LogP contribution in [0.1, 0.15) is 68.3 Å². The molecule has 0 saturated heterocycles. The average molecular weight is 530 g/mol. The summed E-state index contributed by atoms with van der Waals surface area (Å²) in [4.78, 5) is 16.1. The van der Waals surface area contributed by atoms with E-state index in [1.807, 2.05) is 48.9 Å². The van der Waals surface area contributed by atoms with E-state index in [4.69, 9.17) is 15.2 Å². The minimum Gasteiger partial charge on any atom is -0.481 e. The van der Waals surface area contributed by atoms with E-state index in [9.17, 15) is 19.4 Å². The summed E-state index contributed by atoms with van der Waals surface area (Å²) in [5, 5.41) is 35.5. The lowest BCUT2D eigenvalue weighted by Gasteiger charge is -2.18. The number of hydrogen-bond donors (Lipinski definition) is 3. The minimum atomic E-state index is -1.17. The molecule has 2 aromatic carbocycles. The molecule has 5 rings (SSSR count). The van der Waals surface area contributed by atoms with Crippen molar-refractivity contribution in [3.05, 3.63) is 83.4 Å². The molecule has 1 fully saturated rings.